The van der Waals surface area contributed by atoms with Crippen molar-refractivity contribution in [1.29, 1.82) is 0 Å². The fraction of sp³-hybridized carbons (Fsp3) is 0.542. The molecule has 174 valence electrons. The van der Waals surface area contributed by atoms with Crippen molar-refractivity contribution in [3.63, 3.8) is 0 Å². The van der Waals surface area contributed by atoms with E-state index in [4.69, 9.17) is 4.74 Å². The Labute approximate surface area is 190 Å². The SMILES string of the molecule is CS(=O)(=O)NC1CCN(c2ccccn2)C[C@H]1COC1CCC(O)(c2ccccc2)CC1. The molecule has 1 saturated heterocycles. The predicted octanol–water partition coefficient (Wildman–Crippen LogP) is 2.67. The number of pyridine rings is 1. The van der Waals surface area contributed by atoms with Gasteiger partial charge in [-0.15, -0.1) is 0 Å². The summed E-state index contributed by atoms with van der Waals surface area (Å²) in [6, 6.07) is 15.5. The second-order valence-electron chi connectivity index (χ2n) is 9.11. The van der Waals surface area contributed by atoms with Gasteiger partial charge in [0.25, 0.3) is 0 Å². The van der Waals surface area contributed by atoms with Crippen molar-refractivity contribution in [2.45, 2.75) is 49.9 Å². The molecule has 0 amide bonds. The van der Waals surface area contributed by atoms with E-state index in [0.29, 0.717) is 32.4 Å². The predicted molar refractivity (Wildman–Crippen MR) is 125 cm³/mol. The van der Waals surface area contributed by atoms with Crippen LogP contribution >= 0.6 is 0 Å². The van der Waals surface area contributed by atoms with E-state index in [-0.39, 0.29) is 18.1 Å². The number of ether oxygens (including phenoxy) is 1. The molecule has 1 saturated carbocycles. The minimum Gasteiger partial charge on any atom is -0.385 e. The van der Waals surface area contributed by atoms with Crippen molar-refractivity contribution < 1.29 is 18.3 Å². The summed E-state index contributed by atoms with van der Waals surface area (Å²) in [5, 5.41) is 11.1. The van der Waals surface area contributed by atoms with Crippen LogP contribution in [0.15, 0.2) is 54.7 Å². The van der Waals surface area contributed by atoms with Crippen molar-refractivity contribution in [1.82, 2.24) is 9.71 Å². The maximum Gasteiger partial charge on any atom is 0.208 e. The van der Waals surface area contributed by atoms with E-state index in [1.807, 2.05) is 48.5 Å². The summed E-state index contributed by atoms with van der Waals surface area (Å²) < 4.78 is 32.9. The van der Waals surface area contributed by atoms with Gasteiger partial charge in [0.1, 0.15) is 5.82 Å². The number of sulfonamides is 1. The molecule has 2 fully saturated rings. The van der Waals surface area contributed by atoms with Crippen LogP contribution in [0, 0.1) is 5.92 Å². The number of nitrogens with zero attached hydrogens (tertiary/aromatic N) is 2. The van der Waals surface area contributed by atoms with Gasteiger partial charge in [-0.05, 0) is 49.8 Å². The number of aliphatic hydroxyl groups is 1. The molecule has 7 nitrogen and oxygen atoms in total. The zero-order chi connectivity index (χ0) is 22.6. The third kappa shape index (κ3) is 5.86. The molecule has 1 unspecified atom stereocenters. The van der Waals surface area contributed by atoms with Crippen LogP contribution in [0.2, 0.25) is 0 Å². The van der Waals surface area contributed by atoms with Gasteiger partial charge in [0.15, 0.2) is 0 Å². The second-order valence-corrected chi connectivity index (χ2v) is 10.9. The highest BCUT2D eigenvalue weighted by Gasteiger charge is 2.37. The minimum absolute atomic E-state index is 0.0235. The highest BCUT2D eigenvalue weighted by atomic mass is 32.2. The number of hydrogen-bond acceptors (Lipinski definition) is 6. The average molecular weight is 460 g/mol. The van der Waals surface area contributed by atoms with Crippen LogP contribution in [-0.2, 0) is 20.4 Å². The molecule has 32 heavy (non-hydrogen) atoms. The molecular weight excluding hydrogens is 426 g/mol. The smallest absolute Gasteiger partial charge is 0.208 e. The van der Waals surface area contributed by atoms with Gasteiger partial charge in [0.05, 0.1) is 24.6 Å². The van der Waals surface area contributed by atoms with E-state index >= 15 is 0 Å². The largest absolute Gasteiger partial charge is 0.385 e. The van der Waals surface area contributed by atoms with Crippen molar-refractivity contribution in [2.75, 3.05) is 30.9 Å². The van der Waals surface area contributed by atoms with E-state index in [9.17, 15) is 13.5 Å². The van der Waals surface area contributed by atoms with Gasteiger partial charge in [0.2, 0.25) is 10.0 Å². The standard InChI is InChI=1S/C24H33N3O4S/c1-32(29,30)26-22-12-16-27(23-9-5-6-15-25-23)17-19(22)18-31-21-10-13-24(28,14-11-21)20-7-3-2-4-8-20/h2-9,15,19,21-22,26,28H,10-14,16-18H2,1H3/t19-,21?,22?,24?/m0/s1. The number of aromatic nitrogens is 1. The van der Waals surface area contributed by atoms with E-state index in [2.05, 4.69) is 14.6 Å². The molecule has 8 heteroatoms. The first-order valence-corrected chi connectivity index (χ1v) is 13.2. The number of nitrogens with one attached hydrogen (secondary N) is 1. The minimum atomic E-state index is -3.30. The van der Waals surface area contributed by atoms with Crippen molar-refractivity contribution in [3.05, 3.63) is 60.3 Å². The van der Waals surface area contributed by atoms with Crippen molar-refractivity contribution in [3.8, 4) is 0 Å². The van der Waals surface area contributed by atoms with Crippen LogP contribution < -0.4 is 9.62 Å². The van der Waals surface area contributed by atoms with E-state index in [1.54, 1.807) is 6.20 Å². The summed E-state index contributed by atoms with van der Waals surface area (Å²) in [6.07, 6.45) is 6.66. The normalized spacial score (nSPS) is 29.1. The highest BCUT2D eigenvalue weighted by molar-refractivity contribution is 7.88. The van der Waals surface area contributed by atoms with Crippen LogP contribution in [0.4, 0.5) is 5.82 Å². The molecule has 0 spiro atoms. The Bertz CT molecular complexity index is 963. The quantitative estimate of drug-likeness (QED) is 0.662. The van der Waals surface area contributed by atoms with Gasteiger partial charge < -0.3 is 14.7 Å². The van der Waals surface area contributed by atoms with Crippen LogP contribution in [0.25, 0.3) is 0 Å². The van der Waals surface area contributed by atoms with Crippen LogP contribution in [0.1, 0.15) is 37.7 Å². The Morgan fingerprint density at radius 1 is 1.12 bits per heavy atom. The van der Waals surface area contributed by atoms with Gasteiger partial charge in [-0.2, -0.15) is 0 Å². The number of anilines is 1. The summed E-state index contributed by atoms with van der Waals surface area (Å²) in [5.41, 5.74) is 0.177. The lowest BCUT2D eigenvalue weighted by atomic mass is 9.78. The lowest BCUT2D eigenvalue weighted by Gasteiger charge is -2.41. The van der Waals surface area contributed by atoms with Gasteiger partial charge in [-0.25, -0.2) is 18.1 Å². The second kappa shape index (κ2) is 9.87. The van der Waals surface area contributed by atoms with E-state index < -0.39 is 15.6 Å². The Morgan fingerprint density at radius 3 is 2.50 bits per heavy atom. The summed E-state index contributed by atoms with van der Waals surface area (Å²) in [6.45, 7) is 1.91. The molecule has 1 aliphatic heterocycles. The first-order valence-electron chi connectivity index (χ1n) is 11.4. The molecule has 2 aliphatic rings. The number of piperidine rings is 1. The summed E-state index contributed by atoms with van der Waals surface area (Å²) in [5.74, 6) is 0.927. The maximum atomic E-state index is 11.9. The zero-order valence-electron chi connectivity index (χ0n) is 18.6. The molecule has 1 aliphatic carbocycles. The molecule has 2 atom stereocenters. The Kier molecular flexibility index (Phi) is 7.14. The zero-order valence-corrected chi connectivity index (χ0v) is 19.4. The Hall–Kier alpha value is -2.00. The fourth-order valence-corrected chi connectivity index (χ4v) is 5.77. The highest BCUT2D eigenvalue weighted by Crippen LogP contribution is 2.38. The fourth-order valence-electron chi connectivity index (χ4n) is 4.91. The van der Waals surface area contributed by atoms with Crippen molar-refractivity contribution >= 4 is 15.8 Å². The summed E-state index contributed by atoms with van der Waals surface area (Å²) >= 11 is 0. The molecule has 2 N–H and O–H groups in total. The topological polar surface area (TPSA) is 91.8 Å². The lowest BCUT2D eigenvalue weighted by molar-refractivity contribution is -0.0677. The van der Waals surface area contributed by atoms with E-state index in [1.165, 1.54) is 6.26 Å². The number of rotatable bonds is 7. The molecule has 1 aromatic carbocycles. The first kappa shape index (κ1) is 23.2. The van der Waals surface area contributed by atoms with Gasteiger partial charge >= 0.3 is 0 Å². The Balaban J connectivity index is 1.36. The number of benzene rings is 1. The first-order chi connectivity index (χ1) is 15.3. The summed E-state index contributed by atoms with van der Waals surface area (Å²) in [7, 11) is -3.30. The monoisotopic (exact) mass is 459 g/mol. The maximum absolute atomic E-state index is 11.9. The Morgan fingerprint density at radius 2 is 1.84 bits per heavy atom. The molecule has 4 rings (SSSR count). The van der Waals surface area contributed by atoms with Gasteiger partial charge in [0, 0.05) is 31.2 Å². The van der Waals surface area contributed by atoms with Crippen LogP contribution in [0.3, 0.4) is 0 Å². The third-order valence-electron chi connectivity index (χ3n) is 6.69. The molecule has 2 aromatic rings. The number of hydrogen-bond donors (Lipinski definition) is 2. The van der Waals surface area contributed by atoms with Gasteiger partial charge in [-0.1, -0.05) is 36.4 Å². The van der Waals surface area contributed by atoms with Crippen LogP contribution in [0.5, 0.6) is 0 Å². The van der Waals surface area contributed by atoms with Crippen LogP contribution in [-0.4, -0.2) is 56.6 Å². The lowest BCUT2D eigenvalue weighted by Crippen LogP contribution is -2.52. The van der Waals surface area contributed by atoms with Gasteiger partial charge in [-0.3, -0.25) is 0 Å². The molecule has 0 radical (unpaired) electrons. The van der Waals surface area contributed by atoms with Crippen molar-refractivity contribution in [2.24, 2.45) is 5.92 Å². The average Bonchev–Trinajstić information content (AvgIpc) is 2.80. The van der Waals surface area contributed by atoms with E-state index in [0.717, 1.165) is 30.8 Å². The molecule has 2 heterocycles. The molecular formula is C24H33N3O4S. The molecule has 0 bridgehead atoms. The molecule has 1 aromatic heterocycles. The summed E-state index contributed by atoms with van der Waals surface area (Å²) in [4.78, 5) is 6.65. The third-order valence-corrected chi connectivity index (χ3v) is 7.42.